The molecule has 1 fully saturated rings. The maximum Gasteiger partial charge on any atom is 0.0857 e. The van der Waals surface area contributed by atoms with Crippen molar-refractivity contribution in [2.75, 3.05) is 0 Å². The van der Waals surface area contributed by atoms with Crippen molar-refractivity contribution >= 4 is 6.08 Å². The van der Waals surface area contributed by atoms with Gasteiger partial charge in [-0.3, -0.25) is 0 Å². The molecule has 1 saturated heterocycles. The molecule has 3 rings (SSSR count). The van der Waals surface area contributed by atoms with E-state index in [1.165, 1.54) is 0 Å². The molecule has 21 heavy (non-hydrogen) atoms. The number of aliphatic hydroxyl groups excluding tert-OH is 1. The Bertz CT molecular complexity index is 577. The Morgan fingerprint density at radius 1 is 0.905 bits per heavy atom. The van der Waals surface area contributed by atoms with Crippen LogP contribution in [0.5, 0.6) is 0 Å². The third-order valence-electron chi connectivity index (χ3n) is 3.80. The first-order chi connectivity index (χ1) is 10.3. The molecule has 1 aliphatic heterocycles. The number of hydrogen-bond acceptors (Lipinski definition) is 2. The van der Waals surface area contributed by atoms with E-state index in [9.17, 15) is 5.11 Å². The molecule has 1 N–H and O–H groups in total. The highest BCUT2D eigenvalue weighted by molar-refractivity contribution is 5.49. The quantitative estimate of drug-likeness (QED) is 0.921. The summed E-state index contributed by atoms with van der Waals surface area (Å²) >= 11 is 0. The topological polar surface area (TPSA) is 29.5 Å². The number of aliphatic hydroxyl groups is 1. The van der Waals surface area contributed by atoms with Crippen molar-refractivity contribution in [2.45, 2.75) is 31.2 Å². The van der Waals surface area contributed by atoms with Gasteiger partial charge in [0.15, 0.2) is 0 Å². The van der Waals surface area contributed by atoms with Crippen LogP contribution in [-0.4, -0.2) is 17.3 Å². The van der Waals surface area contributed by atoms with Crippen LogP contribution < -0.4 is 0 Å². The lowest BCUT2D eigenvalue weighted by Crippen LogP contribution is -2.30. The summed E-state index contributed by atoms with van der Waals surface area (Å²) in [5.74, 6) is 0. The van der Waals surface area contributed by atoms with Crippen molar-refractivity contribution in [1.82, 2.24) is 0 Å². The lowest BCUT2D eigenvalue weighted by Gasteiger charge is -2.32. The Labute approximate surface area is 125 Å². The van der Waals surface area contributed by atoms with Crippen LogP contribution in [0.25, 0.3) is 6.08 Å². The first-order valence-corrected chi connectivity index (χ1v) is 7.43. The summed E-state index contributed by atoms with van der Waals surface area (Å²) in [5, 5.41) is 10.1. The molecule has 0 aliphatic carbocycles. The van der Waals surface area contributed by atoms with Crippen LogP contribution in [0.3, 0.4) is 0 Å². The minimum absolute atomic E-state index is 0.0274. The maximum atomic E-state index is 10.1. The summed E-state index contributed by atoms with van der Waals surface area (Å²) in [7, 11) is 0. The predicted molar refractivity (Wildman–Crippen MR) is 84.8 cm³/mol. The van der Waals surface area contributed by atoms with Crippen molar-refractivity contribution in [3.8, 4) is 0 Å². The van der Waals surface area contributed by atoms with Gasteiger partial charge in [-0.25, -0.2) is 0 Å². The van der Waals surface area contributed by atoms with Gasteiger partial charge in [-0.05, 0) is 11.1 Å². The molecular weight excluding hydrogens is 260 g/mol. The lowest BCUT2D eigenvalue weighted by atomic mass is 9.95. The van der Waals surface area contributed by atoms with E-state index in [4.69, 9.17) is 4.74 Å². The molecule has 1 aliphatic rings. The Balaban J connectivity index is 1.70. The lowest BCUT2D eigenvalue weighted by molar-refractivity contribution is -0.0774. The SMILES string of the molecule is OC1CC(/C=C/c2ccccc2)OC(c2ccccc2)C1. The molecule has 2 aromatic rings. The highest BCUT2D eigenvalue weighted by Crippen LogP contribution is 2.32. The molecule has 1 heterocycles. The van der Waals surface area contributed by atoms with Gasteiger partial charge in [0.1, 0.15) is 0 Å². The van der Waals surface area contributed by atoms with Gasteiger partial charge >= 0.3 is 0 Å². The molecule has 0 bridgehead atoms. The second kappa shape index (κ2) is 6.70. The van der Waals surface area contributed by atoms with E-state index in [-0.39, 0.29) is 18.3 Å². The van der Waals surface area contributed by atoms with Crippen LogP contribution in [0.2, 0.25) is 0 Å². The summed E-state index contributed by atoms with van der Waals surface area (Å²) in [6, 6.07) is 20.3. The maximum absolute atomic E-state index is 10.1. The fourth-order valence-electron chi connectivity index (χ4n) is 2.72. The summed E-state index contributed by atoms with van der Waals surface area (Å²) in [6.07, 6.45) is 5.05. The van der Waals surface area contributed by atoms with Crippen LogP contribution in [0.4, 0.5) is 0 Å². The van der Waals surface area contributed by atoms with Crippen molar-refractivity contribution in [3.63, 3.8) is 0 Å². The van der Waals surface area contributed by atoms with Crippen molar-refractivity contribution < 1.29 is 9.84 Å². The van der Waals surface area contributed by atoms with Gasteiger partial charge in [0.2, 0.25) is 0 Å². The van der Waals surface area contributed by atoms with Gasteiger partial charge in [-0.1, -0.05) is 72.8 Å². The second-order valence-corrected chi connectivity index (χ2v) is 5.47. The normalized spacial score (nSPS) is 26.0. The Kier molecular flexibility index (Phi) is 4.49. The molecule has 0 spiro atoms. The van der Waals surface area contributed by atoms with E-state index in [0.717, 1.165) is 11.1 Å². The number of rotatable bonds is 3. The number of benzene rings is 2. The number of ether oxygens (including phenoxy) is 1. The molecule has 3 atom stereocenters. The highest BCUT2D eigenvalue weighted by atomic mass is 16.5. The summed E-state index contributed by atoms with van der Waals surface area (Å²) in [6.45, 7) is 0. The average Bonchev–Trinajstić information content (AvgIpc) is 2.54. The van der Waals surface area contributed by atoms with Gasteiger partial charge in [-0.2, -0.15) is 0 Å². The zero-order valence-electron chi connectivity index (χ0n) is 11.9. The highest BCUT2D eigenvalue weighted by Gasteiger charge is 2.27. The number of hydrogen-bond donors (Lipinski definition) is 1. The van der Waals surface area contributed by atoms with E-state index < -0.39 is 0 Å². The van der Waals surface area contributed by atoms with E-state index in [0.29, 0.717) is 12.8 Å². The molecule has 0 aromatic heterocycles. The van der Waals surface area contributed by atoms with E-state index in [1.54, 1.807) is 0 Å². The molecule has 2 aromatic carbocycles. The largest absolute Gasteiger partial charge is 0.393 e. The smallest absolute Gasteiger partial charge is 0.0857 e. The fourth-order valence-corrected chi connectivity index (χ4v) is 2.72. The summed E-state index contributed by atoms with van der Waals surface area (Å²) in [5.41, 5.74) is 2.28. The van der Waals surface area contributed by atoms with Crippen LogP contribution in [0.15, 0.2) is 66.7 Å². The zero-order valence-corrected chi connectivity index (χ0v) is 11.9. The molecule has 0 saturated carbocycles. The predicted octanol–water partition coefficient (Wildman–Crippen LogP) is 3.98. The third-order valence-corrected chi connectivity index (χ3v) is 3.80. The van der Waals surface area contributed by atoms with Crippen LogP contribution in [0, 0.1) is 0 Å². The van der Waals surface area contributed by atoms with Crippen LogP contribution >= 0.6 is 0 Å². The monoisotopic (exact) mass is 280 g/mol. The van der Waals surface area contributed by atoms with Gasteiger partial charge < -0.3 is 9.84 Å². The molecule has 0 radical (unpaired) electrons. The van der Waals surface area contributed by atoms with Crippen LogP contribution in [-0.2, 0) is 4.74 Å². The van der Waals surface area contributed by atoms with Gasteiger partial charge in [0, 0.05) is 12.8 Å². The van der Waals surface area contributed by atoms with E-state index in [1.807, 2.05) is 42.5 Å². The molecule has 2 nitrogen and oxygen atoms in total. The van der Waals surface area contributed by atoms with Gasteiger partial charge in [0.25, 0.3) is 0 Å². The first-order valence-electron chi connectivity index (χ1n) is 7.43. The van der Waals surface area contributed by atoms with Crippen molar-refractivity contribution in [1.29, 1.82) is 0 Å². The van der Waals surface area contributed by atoms with Gasteiger partial charge in [0.05, 0.1) is 18.3 Å². The van der Waals surface area contributed by atoms with Gasteiger partial charge in [-0.15, -0.1) is 0 Å². The summed E-state index contributed by atoms with van der Waals surface area (Å²) < 4.78 is 6.12. The third kappa shape index (κ3) is 3.81. The van der Waals surface area contributed by atoms with Crippen LogP contribution in [0.1, 0.15) is 30.1 Å². The first kappa shape index (κ1) is 14.1. The second-order valence-electron chi connectivity index (χ2n) is 5.47. The molecule has 2 heteroatoms. The standard InChI is InChI=1S/C19H20O2/c20-17-13-18(12-11-15-7-3-1-4-8-15)21-19(14-17)16-9-5-2-6-10-16/h1-12,17-20H,13-14H2/b12-11+. The minimum atomic E-state index is -0.311. The van der Waals surface area contributed by atoms with E-state index >= 15 is 0 Å². The Morgan fingerprint density at radius 2 is 1.57 bits per heavy atom. The average molecular weight is 280 g/mol. The van der Waals surface area contributed by atoms with Crippen molar-refractivity contribution in [2.24, 2.45) is 0 Å². The zero-order chi connectivity index (χ0) is 14.5. The fraction of sp³-hybridized carbons (Fsp3) is 0.263. The summed E-state index contributed by atoms with van der Waals surface area (Å²) in [4.78, 5) is 0. The molecular formula is C19H20O2. The molecule has 108 valence electrons. The van der Waals surface area contributed by atoms with E-state index in [2.05, 4.69) is 30.3 Å². The Hall–Kier alpha value is -1.90. The molecule has 0 amide bonds. The van der Waals surface area contributed by atoms with Crippen molar-refractivity contribution in [3.05, 3.63) is 77.9 Å². The molecule has 3 unspecified atom stereocenters. The minimum Gasteiger partial charge on any atom is -0.393 e. The Morgan fingerprint density at radius 3 is 2.29 bits per heavy atom.